The van der Waals surface area contributed by atoms with Gasteiger partial charge < -0.3 is 9.84 Å². The SMILES string of the molecule is CC(CN1C(=O)C=CC1=O)OC(=O)CCCCCCCC(=O)O. The van der Waals surface area contributed by atoms with Crippen LogP contribution in [0.3, 0.4) is 0 Å². The molecular formula is C16H23NO6. The number of ether oxygens (including phenoxy) is 1. The summed E-state index contributed by atoms with van der Waals surface area (Å²) in [4.78, 5) is 45.8. The van der Waals surface area contributed by atoms with Gasteiger partial charge in [0, 0.05) is 25.0 Å². The molecule has 0 spiro atoms. The van der Waals surface area contributed by atoms with Crippen molar-refractivity contribution in [3.8, 4) is 0 Å². The van der Waals surface area contributed by atoms with E-state index in [0.717, 1.165) is 24.2 Å². The molecule has 0 bridgehead atoms. The largest absolute Gasteiger partial charge is 0.481 e. The molecule has 128 valence electrons. The molecule has 1 aliphatic rings. The molecule has 0 fully saturated rings. The van der Waals surface area contributed by atoms with Crippen molar-refractivity contribution in [2.45, 2.75) is 58.0 Å². The highest BCUT2D eigenvalue weighted by Gasteiger charge is 2.26. The first-order valence-corrected chi connectivity index (χ1v) is 7.85. The molecule has 0 radical (unpaired) electrons. The maximum atomic E-state index is 11.7. The van der Waals surface area contributed by atoms with Crippen molar-refractivity contribution in [3.05, 3.63) is 12.2 Å². The Labute approximate surface area is 135 Å². The van der Waals surface area contributed by atoms with Gasteiger partial charge in [-0.25, -0.2) is 0 Å². The van der Waals surface area contributed by atoms with E-state index in [4.69, 9.17) is 9.84 Å². The number of rotatable bonds is 11. The van der Waals surface area contributed by atoms with E-state index in [-0.39, 0.29) is 37.2 Å². The predicted octanol–water partition coefficient (Wildman–Crippen LogP) is 1.66. The number of carboxylic acids is 1. The Morgan fingerprint density at radius 3 is 2.13 bits per heavy atom. The zero-order chi connectivity index (χ0) is 17.2. The van der Waals surface area contributed by atoms with E-state index in [9.17, 15) is 19.2 Å². The van der Waals surface area contributed by atoms with E-state index >= 15 is 0 Å². The van der Waals surface area contributed by atoms with Gasteiger partial charge in [-0.1, -0.05) is 19.3 Å². The van der Waals surface area contributed by atoms with Crippen molar-refractivity contribution in [1.29, 1.82) is 0 Å². The van der Waals surface area contributed by atoms with E-state index in [2.05, 4.69) is 0 Å². The molecule has 1 atom stereocenters. The van der Waals surface area contributed by atoms with Crippen molar-refractivity contribution in [3.63, 3.8) is 0 Å². The normalized spacial score (nSPS) is 15.1. The van der Waals surface area contributed by atoms with Gasteiger partial charge in [-0.3, -0.25) is 24.1 Å². The summed E-state index contributed by atoms with van der Waals surface area (Å²) in [6.45, 7) is 1.70. The molecule has 0 aromatic rings. The second kappa shape index (κ2) is 9.76. The first kappa shape index (κ1) is 18.9. The third-order valence-electron chi connectivity index (χ3n) is 3.44. The van der Waals surface area contributed by atoms with Gasteiger partial charge in [0.05, 0.1) is 6.54 Å². The quantitative estimate of drug-likeness (QED) is 0.352. The van der Waals surface area contributed by atoms with Gasteiger partial charge in [0.1, 0.15) is 6.10 Å². The van der Waals surface area contributed by atoms with Gasteiger partial charge in [0.15, 0.2) is 0 Å². The minimum Gasteiger partial charge on any atom is -0.481 e. The second-order valence-electron chi connectivity index (χ2n) is 5.58. The summed E-state index contributed by atoms with van der Waals surface area (Å²) in [5, 5.41) is 8.50. The lowest BCUT2D eigenvalue weighted by molar-refractivity contribution is -0.152. The van der Waals surface area contributed by atoms with Crippen LogP contribution in [-0.4, -0.2) is 46.4 Å². The van der Waals surface area contributed by atoms with Crippen molar-refractivity contribution < 1.29 is 29.0 Å². The van der Waals surface area contributed by atoms with E-state index in [1.807, 2.05) is 0 Å². The van der Waals surface area contributed by atoms with Crippen LogP contribution >= 0.6 is 0 Å². The molecule has 2 amide bonds. The monoisotopic (exact) mass is 325 g/mol. The molecule has 7 nitrogen and oxygen atoms in total. The molecule has 7 heteroatoms. The first-order chi connectivity index (χ1) is 10.9. The lowest BCUT2D eigenvalue weighted by atomic mass is 10.1. The molecule has 0 saturated heterocycles. The van der Waals surface area contributed by atoms with Gasteiger partial charge in [-0.15, -0.1) is 0 Å². The third kappa shape index (κ3) is 7.58. The minimum absolute atomic E-state index is 0.0611. The molecule has 1 aliphatic heterocycles. The summed E-state index contributed by atoms with van der Waals surface area (Å²) in [7, 11) is 0. The molecule has 1 unspecified atom stereocenters. The van der Waals surface area contributed by atoms with Gasteiger partial charge in [0.2, 0.25) is 0 Å². The van der Waals surface area contributed by atoms with Gasteiger partial charge in [0.25, 0.3) is 11.8 Å². The van der Waals surface area contributed by atoms with Gasteiger partial charge >= 0.3 is 11.9 Å². The number of carbonyl (C=O) groups is 4. The Morgan fingerprint density at radius 1 is 1.04 bits per heavy atom. The van der Waals surface area contributed by atoms with Crippen LogP contribution in [0.5, 0.6) is 0 Å². The Morgan fingerprint density at radius 2 is 1.57 bits per heavy atom. The molecule has 1 N–H and O–H groups in total. The van der Waals surface area contributed by atoms with Crippen LogP contribution in [0.25, 0.3) is 0 Å². The summed E-state index contributed by atoms with van der Waals surface area (Å²) in [6.07, 6.45) is 6.23. The van der Waals surface area contributed by atoms with Crippen LogP contribution in [0, 0.1) is 0 Å². The summed E-state index contributed by atoms with van der Waals surface area (Å²) in [5.41, 5.74) is 0. The predicted molar refractivity (Wildman–Crippen MR) is 81.4 cm³/mol. The van der Waals surface area contributed by atoms with Crippen molar-refractivity contribution in [2.75, 3.05) is 6.54 Å². The van der Waals surface area contributed by atoms with Gasteiger partial charge in [-0.2, -0.15) is 0 Å². The molecule has 1 heterocycles. The highest BCUT2D eigenvalue weighted by Crippen LogP contribution is 2.10. The van der Waals surface area contributed by atoms with Gasteiger partial charge in [-0.05, 0) is 19.8 Å². The van der Waals surface area contributed by atoms with Crippen LogP contribution in [0.15, 0.2) is 12.2 Å². The highest BCUT2D eigenvalue weighted by atomic mass is 16.5. The minimum atomic E-state index is -0.785. The lowest BCUT2D eigenvalue weighted by Gasteiger charge is -2.19. The topological polar surface area (TPSA) is 101 Å². The fourth-order valence-corrected chi connectivity index (χ4v) is 2.26. The van der Waals surface area contributed by atoms with E-state index in [0.29, 0.717) is 12.8 Å². The van der Waals surface area contributed by atoms with Crippen LogP contribution in [-0.2, 0) is 23.9 Å². The van der Waals surface area contributed by atoms with Crippen LogP contribution < -0.4 is 0 Å². The Bertz CT molecular complexity index is 467. The number of carbonyl (C=O) groups excluding carboxylic acids is 3. The van der Waals surface area contributed by atoms with Crippen molar-refractivity contribution in [1.82, 2.24) is 4.90 Å². The average molecular weight is 325 g/mol. The molecule has 1 rings (SSSR count). The summed E-state index contributed by atoms with van der Waals surface area (Å²) in [5.74, 6) is -1.92. The smallest absolute Gasteiger partial charge is 0.306 e. The maximum absolute atomic E-state index is 11.7. The number of aliphatic carboxylic acids is 1. The van der Waals surface area contributed by atoms with Crippen LogP contribution in [0.1, 0.15) is 51.9 Å². The molecular weight excluding hydrogens is 302 g/mol. The Kier molecular flexibility index (Phi) is 8.01. The first-order valence-electron chi connectivity index (χ1n) is 7.85. The number of hydrogen-bond donors (Lipinski definition) is 1. The molecule has 0 aliphatic carbocycles. The van der Waals surface area contributed by atoms with Crippen LogP contribution in [0.2, 0.25) is 0 Å². The molecule has 23 heavy (non-hydrogen) atoms. The van der Waals surface area contributed by atoms with E-state index in [1.165, 1.54) is 12.2 Å². The number of carboxylic acid groups (broad SMARTS) is 1. The summed E-state index contributed by atoms with van der Waals surface area (Å²) >= 11 is 0. The Balaban J connectivity index is 2.08. The summed E-state index contributed by atoms with van der Waals surface area (Å²) in [6, 6.07) is 0. The standard InChI is InChI=1S/C16H23NO6/c1-12(11-17-13(18)9-10-14(17)19)23-16(22)8-6-4-2-3-5-7-15(20)21/h9-10,12H,2-8,11H2,1H3,(H,20,21). The molecule has 0 saturated carbocycles. The lowest BCUT2D eigenvalue weighted by Crippen LogP contribution is -2.37. The summed E-state index contributed by atoms with van der Waals surface area (Å²) < 4.78 is 5.18. The number of nitrogens with zero attached hydrogens (tertiary/aromatic N) is 1. The number of imide groups is 1. The fourth-order valence-electron chi connectivity index (χ4n) is 2.26. The maximum Gasteiger partial charge on any atom is 0.306 e. The Hall–Kier alpha value is -2.18. The highest BCUT2D eigenvalue weighted by molar-refractivity contribution is 6.12. The molecule has 0 aromatic carbocycles. The number of hydrogen-bond acceptors (Lipinski definition) is 5. The number of amides is 2. The second-order valence-corrected chi connectivity index (χ2v) is 5.58. The van der Waals surface area contributed by atoms with Crippen molar-refractivity contribution >= 4 is 23.8 Å². The van der Waals surface area contributed by atoms with Crippen LogP contribution in [0.4, 0.5) is 0 Å². The van der Waals surface area contributed by atoms with E-state index in [1.54, 1.807) is 6.92 Å². The number of unbranched alkanes of at least 4 members (excludes halogenated alkanes) is 4. The van der Waals surface area contributed by atoms with Crippen molar-refractivity contribution in [2.24, 2.45) is 0 Å². The molecule has 0 aromatic heterocycles. The number of esters is 1. The zero-order valence-corrected chi connectivity index (χ0v) is 13.3. The average Bonchev–Trinajstić information content (AvgIpc) is 2.77. The third-order valence-corrected chi connectivity index (χ3v) is 3.44. The fraction of sp³-hybridized carbons (Fsp3) is 0.625. The zero-order valence-electron chi connectivity index (χ0n) is 13.3. The van der Waals surface area contributed by atoms with E-state index < -0.39 is 12.1 Å².